The molecular weight excluding hydrogens is 340 g/mol. The number of carbonyl (C=O) groups is 1. The monoisotopic (exact) mass is 364 g/mol. The predicted molar refractivity (Wildman–Crippen MR) is 96.2 cm³/mol. The summed E-state index contributed by atoms with van der Waals surface area (Å²) in [5.74, 6) is 0.546. The molecule has 1 unspecified atom stereocenters. The quantitative estimate of drug-likeness (QED) is 0.745. The van der Waals surface area contributed by atoms with Crippen LogP contribution < -0.4 is 10.6 Å². The second kappa shape index (κ2) is 7.95. The Balaban J connectivity index is 1.51. The zero-order valence-electron chi connectivity index (χ0n) is 14.2. The first kappa shape index (κ1) is 17.8. The van der Waals surface area contributed by atoms with Crippen molar-refractivity contribution in [2.75, 3.05) is 23.4 Å². The molecule has 3 rings (SSSR count). The van der Waals surface area contributed by atoms with Gasteiger partial charge in [0, 0.05) is 18.7 Å². The highest BCUT2D eigenvalue weighted by Gasteiger charge is 2.28. The molecule has 1 aliphatic carbocycles. The molecule has 0 spiro atoms. The number of amides is 1. The number of aromatic nitrogens is 2. The summed E-state index contributed by atoms with van der Waals surface area (Å²) in [6, 6.07) is 1.41. The lowest BCUT2D eigenvalue weighted by Crippen LogP contribution is -2.26. The summed E-state index contributed by atoms with van der Waals surface area (Å²) in [7, 11) is -2.96. The van der Waals surface area contributed by atoms with Crippen molar-refractivity contribution in [3.05, 3.63) is 29.7 Å². The van der Waals surface area contributed by atoms with Gasteiger partial charge in [-0.25, -0.2) is 18.4 Å². The Morgan fingerprint density at radius 1 is 1.28 bits per heavy atom. The fourth-order valence-corrected chi connectivity index (χ4v) is 4.91. The molecule has 8 heteroatoms. The summed E-state index contributed by atoms with van der Waals surface area (Å²) < 4.78 is 23.0. The molecule has 25 heavy (non-hydrogen) atoms. The van der Waals surface area contributed by atoms with Crippen molar-refractivity contribution in [2.24, 2.45) is 0 Å². The van der Waals surface area contributed by atoms with Crippen LogP contribution in [0.4, 0.5) is 5.82 Å². The normalized spacial score (nSPS) is 22.2. The molecule has 0 bridgehead atoms. The second-order valence-electron chi connectivity index (χ2n) is 6.65. The molecular formula is C17H24N4O3S. The van der Waals surface area contributed by atoms with Crippen molar-refractivity contribution in [1.82, 2.24) is 15.3 Å². The van der Waals surface area contributed by atoms with Crippen molar-refractivity contribution in [3.8, 4) is 0 Å². The second-order valence-corrected chi connectivity index (χ2v) is 8.88. The Morgan fingerprint density at radius 3 is 2.88 bits per heavy atom. The first-order valence-corrected chi connectivity index (χ1v) is 10.6. The van der Waals surface area contributed by atoms with E-state index in [0.29, 0.717) is 18.8 Å². The smallest absolute Gasteiger partial charge is 0.270 e. The van der Waals surface area contributed by atoms with E-state index >= 15 is 0 Å². The molecule has 0 aromatic carbocycles. The summed E-state index contributed by atoms with van der Waals surface area (Å²) in [6.45, 7) is 0.596. The predicted octanol–water partition coefficient (Wildman–Crippen LogP) is 1.70. The molecule has 0 radical (unpaired) electrons. The first-order valence-electron chi connectivity index (χ1n) is 8.77. The molecule has 136 valence electrons. The average molecular weight is 364 g/mol. The largest absolute Gasteiger partial charge is 0.366 e. The number of nitrogens with zero attached hydrogens (tertiary/aromatic N) is 2. The number of hydrogen-bond donors (Lipinski definition) is 2. The van der Waals surface area contributed by atoms with Crippen molar-refractivity contribution in [3.63, 3.8) is 0 Å². The van der Waals surface area contributed by atoms with Gasteiger partial charge in [0.25, 0.3) is 5.91 Å². The molecule has 1 atom stereocenters. The molecule has 1 aromatic heterocycles. The van der Waals surface area contributed by atoms with Crippen LogP contribution in [0.2, 0.25) is 0 Å². The van der Waals surface area contributed by atoms with Crippen LogP contribution in [0.5, 0.6) is 0 Å². The Bertz CT molecular complexity index is 761. The lowest BCUT2D eigenvalue weighted by atomic mass is 9.97. The maximum atomic E-state index is 12.2. The van der Waals surface area contributed by atoms with Gasteiger partial charge in [-0.15, -0.1) is 0 Å². The van der Waals surface area contributed by atoms with E-state index in [2.05, 4.69) is 26.7 Å². The molecule has 1 amide bonds. The van der Waals surface area contributed by atoms with Gasteiger partial charge in [0.05, 0.1) is 11.5 Å². The van der Waals surface area contributed by atoms with Gasteiger partial charge in [0.15, 0.2) is 9.84 Å². The van der Waals surface area contributed by atoms with E-state index in [-0.39, 0.29) is 29.1 Å². The van der Waals surface area contributed by atoms with Gasteiger partial charge in [-0.3, -0.25) is 4.79 Å². The summed E-state index contributed by atoms with van der Waals surface area (Å²) in [4.78, 5) is 20.3. The number of anilines is 1. The molecule has 1 fully saturated rings. The van der Waals surface area contributed by atoms with Crippen molar-refractivity contribution >= 4 is 21.6 Å². The minimum absolute atomic E-state index is 0.105. The van der Waals surface area contributed by atoms with E-state index in [1.807, 2.05) is 0 Å². The molecule has 2 heterocycles. The average Bonchev–Trinajstić information content (AvgIpc) is 2.94. The SMILES string of the molecule is O=C(NCCC1=CCCCC1)c1cc(NC2CCS(=O)(=O)C2)ncn1. The summed E-state index contributed by atoms with van der Waals surface area (Å²) in [6.07, 6.45) is 9.79. The lowest BCUT2D eigenvalue weighted by molar-refractivity contribution is 0.0949. The minimum Gasteiger partial charge on any atom is -0.366 e. The zero-order valence-corrected chi connectivity index (χ0v) is 15.0. The van der Waals surface area contributed by atoms with Gasteiger partial charge in [0.1, 0.15) is 17.8 Å². The van der Waals surface area contributed by atoms with Gasteiger partial charge in [-0.1, -0.05) is 11.6 Å². The van der Waals surface area contributed by atoms with Crippen LogP contribution in [0, 0.1) is 0 Å². The van der Waals surface area contributed by atoms with Gasteiger partial charge >= 0.3 is 0 Å². The number of nitrogens with one attached hydrogen (secondary N) is 2. The molecule has 0 saturated carbocycles. The number of carbonyl (C=O) groups excluding carboxylic acids is 1. The van der Waals surface area contributed by atoms with E-state index in [1.54, 1.807) is 6.07 Å². The number of rotatable bonds is 6. The Hall–Kier alpha value is -1.96. The highest BCUT2D eigenvalue weighted by Crippen LogP contribution is 2.19. The van der Waals surface area contributed by atoms with E-state index in [4.69, 9.17) is 0 Å². The number of hydrogen-bond acceptors (Lipinski definition) is 6. The molecule has 2 aliphatic rings. The van der Waals surface area contributed by atoms with Crippen LogP contribution in [0.1, 0.15) is 49.0 Å². The third-order valence-electron chi connectivity index (χ3n) is 4.60. The topological polar surface area (TPSA) is 101 Å². The van der Waals surface area contributed by atoms with Crippen molar-refractivity contribution in [1.29, 1.82) is 0 Å². The fourth-order valence-electron chi connectivity index (χ4n) is 3.24. The van der Waals surface area contributed by atoms with E-state index in [0.717, 1.165) is 19.3 Å². The van der Waals surface area contributed by atoms with Crippen LogP contribution in [-0.2, 0) is 9.84 Å². The molecule has 2 N–H and O–H groups in total. The van der Waals surface area contributed by atoms with E-state index in [9.17, 15) is 13.2 Å². The van der Waals surface area contributed by atoms with Crippen LogP contribution in [-0.4, -0.2) is 48.4 Å². The first-order chi connectivity index (χ1) is 12.0. The van der Waals surface area contributed by atoms with Gasteiger partial charge in [0.2, 0.25) is 0 Å². The van der Waals surface area contributed by atoms with E-state index in [1.165, 1.54) is 24.7 Å². The number of allylic oxidation sites excluding steroid dienone is 1. The third-order valence-corrected chi connectivity index (χ3v) is 6.37. The molecule has 1 saturated heterocycles. The van der Waals surface area contributed by atoms with Crippen LogP contribution in [0.15, 0.2) is 24.0 Å². The minimum atomic E-state index is -2.96. The highest BCUT2D eigenvalue weighted by atomic mass is 32.2. The maximum absolute atomic E-state index is 12.2. The van der Waals surface area contributed by atoms with Gasteiger partial charge < -0.3 is 10.6 Å². The summed E-state index contributed by atoms with van der Waals surface area (Å²) in [5.41, 5.74) is 1.70. The number of sulfone groups is 1. The molecule has 7 nitrogen and oxygen atoms in total. The third kappa shape index (κ3) is 5.26. The van der Waals surface area contributed by atoms with Crippen molar-refractivity contribution in [2.45, 2.75) is 44.6 Å². The lowest BCUT2D eigenvalue weighted by Gasteiger charge is -2.13. The van der Waals surface area contributed by atoms with Gasteiger partial charge in [-0.2, -0.15) is 0 Å². The fraction of sp³-hybridized carbons (Fsp3) is 0.588. The standard InChI is InChI=1S/C17H24N4O3S/c22-17(18-8-6-13-4-2-1-3-5-13)15-10-16(20-12-19-15)21-14-7-9-25(23,24)11-14/h4,10,12,14H,1-3,5-9,11H2,(H,18,22)(H,19,20,21). The Labute approximate surface area is 148 Å². The van der Waals surface area contributed by atoms with Gasteiger partial charge in [-0.05, 0) is 38.5 Å². The summed E-state index contributed by atoms with van der Waals surface area (Å²) >= 11 is 0. The molecule has 1 aliphatic heterocycles. The Morgan fingerprint density at radius 2 is 2.16 bits per heavy atom. The maximum Gasteiger partial charge on any atom is 0.270 e. The van der Waals surface area contributed by atoms with Crippen LogP contribution >= 0.6 is 0 Å². The van der Waals surface area contributed by atoms with Crippen LogP contribution in [0.3, 0.4) is 0 Å². The van der Waals surface area contributed by atoms with Crippen molar-refractivity contribution < 1.29 is 13.2 Å². The molecule has 1 aromatic rings. The zero-order chi connectivity index (χ0) is 17.7. The van der Waals surface area contributed by atoms with E-state index < -0.39 is 9.84 Å². The van der Waals surface area contributed by atoms with Crippen LogP contribution in [0.25, 0.3) is 0 Å². The summed E-state index contributed by atoms with van der Waals surface area (Å²) in [5, 5.41) is 5.97. The Kier molecular flexibility index (Phi) is 5.67. The highest BCUT2D eigenvalue weighted by molar-refractivity contribution is 7.91.